The van der Waals surface area contributed by atoms with Crippen LogP contribution in [0.1, 0.15) is 40.0 Å². The smallest absolute Gasteiger partial charge is 0.407 e. The average molecular weight is 349 g/mol. The summed E-state index contributed by atoms with van der Waals surface area (Å²) in [4.78, 5) is 24.7. The Kier molecular flexibility index (Phi) is 6.22. The Bertz CT molecular complexity index is 613. The zero-order valence-corrected chi connectivity index (χ0v) is 15.2. The number of alkyl carbamates (subject to hydrolysis) is 1. The van der Waals surface area contributed by atoms with Crippen LogP contribution in [0.5, 0.6) is 0 Å². The van der Waals surface area contributed by atoms with Crippen LogP contribution >= 0.6 is 0 Å². The fraction of sp³-hybridized carbons (Fsp3) is 0.611. The summed E-state index contributed by atoms with van der Waals surface area (Å²) in [5.74, 6) is 0.392. The van der Waals surface area contributed by atoms with Gasteiger partial charge in [0.2, 0.25) is 0 Å². The molecule has 7 heteroatoms. The second-order valence-electron chi connectivity index (χ2n) is 7.42. The van der Waals surface area contributed by atoms with Crippen LogP contribution in [0.2, 0.25) is 0 Å². The van der Waals surface area contributed by atoms with Crippen molar-refractivity contribution in [2.45, 2.75) is 45.6 Å². The van der Waals surface area contributed by atoms with E-state index in [-0.39, 0.29) is 10.6 Å². The number of piperidine rings is 1. The highest BCUT2D eigenvalue weighted by atomic mass is 16.6. The maximum absolute atomic E-state index is 11.7. The molecule has 138 valence electrons. The summed E-state index contributed by atoms with van der Waals surface area (Å²) in [6, 6.07) is 6.87. The van der Waals surface area contributed by atoms with Gasteiger partial charge in [0.05, 0.1) is 4.92 Å². The molecule has 0 spiro atoms. The highest BCUT2D eigenvalue weighted by molar-refractivity contribution is 5.67. The topological polar surface area (TPSA) is 84.7 Å². The molecule has 7 nitrogen and oxygen atoms in total. The van der Waals surface area contributed by atoms with E-state index in [0.717, 1.165) is 32.4 Å². The van der Waals surface area contributed by atoms with Crippen LogP contribution in [0, 0.1) is 16.0 Å². The van der Waals surface area contributed by atoms with Gasteiger partial charge in [0.15, 0.2) is 0 Å². The molecule has 1 aliphatic rings. The number of nitrogens with zero attached hydrogens (tertiary/aromatic N) is 2. The van der Waals surface area contributed by atoms with Gasteiger partial charge in [-0.15, -0.1) is 0 Å². The van der Waals surface area contributed by atoms with Crippen molar-refractivity contribution in [3.63, 3.8) is 0 Å². The van der Waals surface area contributed by atoms with Crippen LogP contribution in [0.25, 0.3) is 0 Å². The number of amides is 1. The number of para-hydroxylation sites is 2. The third kappa shape index (κ3) is 5.92. The van der Waals surface area contributed by atoms with Gasteiger partial charge in [-0.25, -0.2) is 4.79 Å². The van der Waals surface area contributed by atoms with Gasteiger partial charge in [-0.2, -0.15) is 0 Å². The van der Waals surface area contributed by atoms with Crippen molar-refractivity contribution in [3.05, 3.63) is 34.4 Å². The summed E-state index contributed by atoms with van der Waals surface area (Å²) >= 11 is 0. The Morgan fingerprint density at radius 1 is 1.40 bits per heavy atom. The first-order chi connectivity index (χ1) is 11.8. The van der Waals surface area contributed by atoms with E-state index in [9.17, 15) is 14.9 Å². The molecule has 1 fully saturated rings. The number of hydrogen-bond donors (Lipinski definition) is 1. The minimum Gasteiger partial charge on any atom is -0.444 e. The average Bonchev–Trinajstić information content (AvgIpc) is 2.53. The summed E-state index contributed by atoms with van der Waals surface area (Å²) in [5, 5.41) is 14.0. The van der Waals surface area contributed by atoms with E-state index >= 15 is 0 Å². The first-order valence-corrected chi connectivity index (χ1v) is 8.71. The number of benzene rings is 1. The van der Waals surface area contributed by atoms with Gasteiger partial charge in [0, 0.05) is 25.7 Å². The van der Waals surface area contributed by atoms with Crippen LogP contribution in [0.3, 0.4) is 0 Å². The third-order valence-corrected chi connectivity index (χ3v) is 4.16. The predicted octanol–water partition coefficient (Wildman–Crippen LogP) is 3.73. The van der Waals surface area contributed by atoms with Crippen LogP contribution < -0.4 is 10.2 Å². The zero-order chi connectivity index (χ0) is 18.4. The molecule has 1 amide bonds. The molecular weight excluding hydrogens is 322 g/mol. The fourth-order valence-electron chi connectivity index (χ4n) is 3.10. The Balaban J connectivity index is 1.87. The maximum Gasteiger partial charge on any atom is 0.407 e. The Labute approximate surface area is 148 Å². The van der Waals surface area contributed by atoms with Crippen molar-refractivity contribution in [2.24, 2.45) is 5.92 Å². The van der Waals surface area contributed by atoms with Gasteiger partial charge in [0.25, 0.3) is 5.69 Å². The van der Waals surface area contributed by atoms with Crippen molar-refractivity contribution in [1.82, 2.24) is 5.32 Å². The highest BCUT2D eigenvalue weighted by Gasteiger charge is 2.25. The molecule has 0 bridgehead atoms. The molecule has 1 aromatic carbocycles. The molecule has 1 saturated heterocycles. The number of hydrogen-bond acceptors (Lipinski definition) is 5. The van der Waals surface area contributed by atoms with Crippen molar-refractivity contribution >= 4 is 17.5 Å². The number of rotatable bonds is 5. The number of nitro groups is 1. The lowest BCUT2D eigenvalue weighted by Gasteiger charge is -2.34. The summed E-state index contributed by atoms with van der Waals surface area (Å²) in [7, 11) is 0. The molecule has 1 atom stereocenters. The van der Waals surface area contributed by atoms with E-state index in [1.807, 2.05) is 26.8 Å². The van der Waals surface area contributed by atoms with Crippen molar-refractivity contribution < 1.29 is 14.5 Å². The minimum atomic E-state index is -0.502. The molecule has 1 N–H and O–H groups in total. The van der Waals surface area contributed by atoms with E-state index < -0.39 is 11.7 Å². The maximum atomic E-state index is 11.7. The fourth-order valence-corrected chi connectivity index (χ4v) is 3.10. The van der Waals surface area contributed by atoms with Gasteiger partial charge >= 0.3 is 6.09 Å². The van der Waals surface area contributed by atoms with E-state index in [0.29, 0.717) is 18.2 Å². The number of nitro benzene ring substituents is 1. The van der Waals surface area contributed by atoms with E-state index in [4.69, 9.17) is 4.74 Å². The number of ether oxygens (including phenoxy) is 1. The molecule has 0 aliphatic carbocycles. The summed E-state index contributed by atoms with van der Waals surface area (Å²) in [6.45, 7) is 7.63. The molecule has 0 radical (unpaired) electrons. The van der Waals surface area contributed by atoms with Crippen LogP contribution in [0.15, 0.2) is 24.3 Å². The number of nitrogens with one attached hydrogen (secondary N) is 1. The van der Waals surface area contributed by atoms with Gasteiger partial charge in [-0.05, 0) is 52.0 Å². The molecule has 0 saturated carbocycles. The van der Waals surface area contributed by atoms with E-state index in [1.54, 1.807) is 18.2 Å². The zero-order valence-electron chi connectivity index (χ0n) is 15.2. The van der Waals surface area contributed by atoms with Gasteiger partial charge < -0.3 is 15.0 Å². The summed E-state index contributed by atoms with van der Waals surface area (Å²) in [5.41, 5.74) is 0.324. The quantitative estimate of drug-likeness (QED) is 0.647. The highest BCUT2D eigenvalue weighted by Crippen LogP contribution is 2.31. The van der Waals surface area contributed by atoms with Crippen LogP contribution in [-0.2, 0) is 4.74 Å². The third-order valence-electron chi connectivity index (χ3n) is 4.16. The van der Waals surface area contributed by atoms with Crippen LogP contribution in [-0.4, -0.2) is 36.3 Å². The lowest BCUT2D eigenvalue weighted by Crippen LogP contribution is -2.38. The van der Waals surface area contributed by atoms with Gasteiger partial charge in [-0.1, -0.05) is 12.1 Å². The summed E-state index contributed by atoms with van der Waals surface area (Å²) < 4.78 is 5.22. The predicted molar refractivity (Wildman–Crippen MR) is 96.9 cm³/mol. The van der Waals surface area contributed by atoms with Crippen molar-refractivity contribution in [3.8, 4) is 0 Å². The van der Waals surface area contributed by atoms with Crippen molar-refractivity contribution in [2.75, 3.05) is 24.5 Å². The van der Waals surface area contributed by atoms with Gasteiger partial charge in [-0.3, -0.25) is 10.1 Å². The molecule has 2 rings (SSSR count). The van der Waals surface area contributed by atoms with Crippen LogP contribution in [0.4, 0.5) is 16.2 Å². The molecule has 0 aromatic heterocycles. The Hall–Kier alpha value is -2.31. The molecule has 1 aliphatic heterocycles. The summed E-state index contributed by atoms with van der Waals surface area (Å²) in [6.07, 6.45) is 2.48. The number of carbonyl (C=O) groups excluding carboxylic acids is 1. The van der Waals surface area contributed by atoms with E-state index in [2.05, 4.69) is 10.2 Å². The SMILES string of the molecule is CC(C)(C)OC(=O)NCCC1CCCN(c2ccccc2[N+](=O)[O-])C1. The molecule has 25 heavy (non-hydrogen) atoms. The monoisotopic (exact) mass is 349 g/mol. The van der Waals surface area contributed by atoms with E-state index in [1.165, 1.54) is 0 Å². The molecule has 1 unspecified atom stereocenters. The standard InChI is InChI=1S/C18H27N3O4/c1-18(2,3)25-17(22)19-11-10-14-7-6-12-20(13-14)15-8-4-5-9-16(15)21(23)24/h4-5,8-9,14H,6-7,10-13H2,1-3H3,(H,19,22). The van der Waals surface area contributed by atoms with Crippen molar-refractivity contribution in [1.29, 1.82) is 0 Å². The molecule has 1 aromatic rings. The minimum absolute atomic E-state index is 0.148. The second kappa shape index (κ2) is 8.18. The first kappa shape index (κ1) is 19.0. The Morgan fingerprint density at radius 3 is 2.80 bits per heavy atom. The number of anilines is 1. The molecular formula is C18H27N3O4. The lowest BCUT2D eigenvalue weighted by molar-refractivity contribution is -0.384. The normalized spacial score (nSPS) is 17.9. The lowest BCUT2D eigenvalue weighted by atomic mass is 9.94. The van der Waals surface area contributed by atoms with Gasteiger partial charge in [0.1, 0.15) is 11.3 Å². The number of carbonyl (C=O) groups is 1. The molecule has 1 heterocycles. The largest absolute Gasteiger partial charge is 0.444 e. The second-order valence-corrected chi connectivity index (χ2v) is 7.42. The first-order valence-electron chi connectivity index (χ1n) is 8.71. The Morgan fingerprint density at radius 2 is 2.12 bits per heavy atom.